The Balaban J connectivity index is 2.82. The molecule has 76 valence electrons. The number of carbonyl (C=O) groups excluding carboxylic acids is 1. The Bertz CT molecular complexity index is 337. The lowest BCUT2D eigenvalue weighted by Gasteiger charge is -2.06. The molecule has 0 radical (unpaired) electrons. The molecule has 1 amide bonds. The molecule has 0 heterocycles. The van der Waals surface area contributed by atoms with Crippen LogP contribution in [0.1, 0.15) is 0 Å². The SMILES string of the molecule is O=C(Nc1cc(Br)cc(Br)c1)C(Cl)Cl. The lowest BCUT2D eigenvalue weighted by atomic mass is 10.3. The van der Waals surface area contributed by atoms with Crippen LogP contribution in [-0.2, 0) is 4.79 Å². The first kappa shape index (κ1) is 12.3. The number of carbonyl (C=O) groups is 1. The second kappa shape index (κ2) is 5.35. The van der Waals surface area contributed by atoms with Gasteiger partial charge < -0.3 is 5.32 Å². The van der Waals surface area contributed by atoms with Crippen molar-refractivity contribution in [3.05, 3.63) is 27.1 Å². The molecule has 0 bridgehead atoms. The van der Waals surface area contributed by atoms with Crippen LogP contribution in [-0.4, -0.2) is 10.7 Å². The number of alkyl halides is 2. The third-order valence-electron chi connectivity index (χ3n) is 1.33. The first-order chi connectivity index (χ1) is 6.49. The minimum absolute atomic E-state index is 0.446. The maximum absolute atomic E-state index is 11.1. The third-order valence-corrected chi connectivity index (χ3v) is 2.64. The number of halogens is 4. The molecule has 0 aliphatic carbocycles. The van der Waals surface area contributed by atoms with Crippen molar-refractivity contribution in [1.82, 2.24) is 0 Å². The van der Waals surface area contributed by atoms with Crippen LogP contribution in [0.2, 0.25) is 0 Å². The maximum Gasteiger partial charge on any atom is 0.257 e. The number of rotatable bonds is 2. The molecule has 0 unspecified atom stereocenters. The van der Waals surface area contributed by atoms with Crippen LogP contribution in [0.3, 0.4) is 0 Å². The summed E-state index contributed by atoms with van der Waals surface area (Å²) in [6, 6.07) is 5.35. The second-order valence-electron chi connectivity index (χ2n) is 2.45. The second-order valence-corrected chi connectivity index (χ2v) is 5.38. The van der Waals surface area contributed by atoms with Gasteiger partial charge in [0.05, 0.1) is 0 Å². The summed E-state index contributed by atoms with van der Waals surface area (Å²) in [6.07, 6.45) is 0. The van der Waals surface area contributed by atoms with Crippen molar-refractivity contribution in [3.63, 3.8) is 0 Å². The molecule has 0 aliphatic rings. The van der Waals surface area contributed by atoms with E-state index in [2.05, 4.69) is 37.2 Å². The molecule has 0 saturated carbocycles. The fourth-order valence-corrected chi connectivity index (χ4v) is 2.23. The van der Waals surface area contributed by atoms with E-state index in [1.807, 2.05) is 6.07 Å². The third kappa shape index (κ3) is 3.77. The predicted octanol–water partition coefficient (Wildman–Crippen LogP) is 3.95. The van der Waals surface area contributed by atoms with Crippen molar-refractivity contribution in [1.29, 1.82) is 0 Å². The molecule has 1 aromatic rings. The molecule has 0 fully saturated rings. The number of hydrogen-bond donors (Lipinski definition) is 1. The van der Waals surface area contributed by atoms with Gasteiger partial charge in [-0.25, -0.2) is 0 Å². The van der Waals surface area contributed by atoms with Crippen LogP contribution in [0.5, 0.6) is 0 Å². The number of amides is 1. The molecular weight excluding hydrogens is 357 g/mol. The molecule has 1 N–H and O–H groups in total. The van der Waals surface area contributed by atoms with Crippen LogP contribution in [0, 0.1) is 0 Å². The van der Waals surface area contributed by atoms with Gasteiger partial charge in [0.25, 0.3) is 5.91 Å². The van der Waals surface area contributed by atoms with Gasteiger partial charge in [-0.15, -0.1) is 0 Å². The van der Waals surface area contributed by atoms with Gasteiger partial charge in [0.1, 0.15) is 0 Å². The minimum Gasteiger partial charge on any atom is -0.324 e. The largest absolute Gasteiger partial charge is 0.324 e. The van der Waals surface area contributed by atoms with E-state index >= 15 is 0 Å². The summed E-state index contributed by atoms with van der Waals surface area (Å²) in [7, 11) is 0. The highest BCUT2D eigenvalue weighted by Crippen LogP contribution is 2.23. The highest BCUT2D eigenvalue weighted by Gasteiger charge is 2.11. The zero-order chi connectivity index (χ0) is 10.7. The average molecular weight is 362 g/mol. The molecule has 0 aromatic heterocycles. The summed E-state index contributed by atoms with van der Waals surface area (Å²) in [5.41, 5.74) is 0.627. The number of hydrogen-bond acceptors (Lipinski definition) is 1. The van der Waals surface area contributed by atoms with Gasteiger partial charge in [-0.1, -0.05) is 55.1 Å². The van der Waals surface area contributed by atoms with Crippen molar-refractivity contribution in [2.75, 3.05) is 5.32 Å². The summed E-state index contributed by atoms with van der Waals surface area (Å²) >= 11 is 17.4. The number of benzene rings is 1. The van der Waals surface area contributed by atoms with Gasteiger partial charge in [-0.05, 0) is 18.2 Å². The number of anilines is 1. The van der Waals surface area contributed by atoms with Crippen molar-refractivity contribution < 1.29 is 4.79 Å². The maximum atomic E-state index is 11.1. The van der Waals surface area contributed by atoms with E-state index in [9.17, 15) is 4.79 Å². The van der Waals surface area contributed by atoms with Crippen LogP contribution >= 0.6 is 55.1 Å². The van der Waals surface area contributed by atoms with Gasteiger partial charge in [0, 0.05) is 14.6 Å². The molecule has 0 atom stereocenters. The summed E-state index contributed by atoms with van der Waals surface area (Å²) in [6.45, 7) is 0. The van der Waals surface area contributed by atoms with E-state index in [0.29, 0.717) is 5.69 Å². The zero-order valence-corrected chi connectivity index (χ0v) is 11.4. The van der Waals surface area contributed by atoms with E-state index < -0.39 is 10.7 Å². The lowest BCUT2D eigenvalue weighted by Crippen LogP contribution is -2.18. The van der Waals surface area contributed by atoms with Crippen molar-refractivity contribution in [2.24, 2.45) is 0 Å². The lowest BCUT2D eigenvalue weighted by molar-refractivity contribution is -0.114. The van der Waals surface area contributed by atoms with Crippen LogP contribution < -0.4 is 5.32 Å². The van der Waals surface area contributed by atoms with Crippen molar-refractivity contribution in [3.8, 4) is 0 Å². The Morgan fingerprint density at radius 2 is 1.71 bits per heavy atom. The normalized spacial score (nSPS) is 10.4. The molecule has 1 aromatic carbocycles. The van der Waals surface area contributed by atoms with Crippen LogP contribution in [0.15, 0.2) is 27.1 Å². The Labute approximate surface area is 108 Å². The molecule has 14 heavy (non-hydrogen) atoms. The van der Waals surface area contributed by atoms with E-state index in [1.54, 1.807) is 12.1 Å². The summed E-state index contributed by atoms with van der Waals surface area (Å²) in [5.74, 6) is -0.446. The molecular formula is C8H5Br2Cl2NO. The molecule has 2 nitrogen and oxygen atoms in total. The summed E-state index contributed by atoms with van der Waals surface area (Å²) < 4.78 is 1.70. The Kier molecular flexibility index (Phi) is 4.70. The van der Waals surface area contributed by atoms with E-state index in [0.717, 1.165) is 8.95 Å². The highest BCUT2D eigenvalue weighted by molar-refractivity contribution is 9.11. The Morgan fingerprint density at radius 3 is 2.14 bits per heavy atom. The zero-order valence-electron chi connectivity index (χ0n) is 6.73. The molecule has 0 spiro atoms. The standard InChI is InChI=1S/C8H5Br2Cl2NO/c9-4-1-5(10)3-6(2-4)13-8(14)7(11)12/h1-3,7H,(H,13,14). The number of nitrogens with one attached hydrogen (secondary N) is 1. The Hall–Kier alpha value is 0.230. The van der Waals surface area contributed by atoms with Gasteiger partial charge in [-0.2, -0.15) is 0 Å². The molecule has 0 saturated heterocycles. The molecule has 0 aliphatic heterocycles. The first-order valence-electron chi connectivity index (χ1n) is 3.54. The highest BCUT2D eigenvalue weighted by atomic mass is 79.9. The van der Waals surface area contributed by atoms with Crippen molar-refractivity contribution in [2.45, 2.75) is 4.84 Å². The predicted molar refractivity (Wildman–Crippen MR) is 66.0 cm³/mol. The fraction of sp³-hybridized carbons (Fsp3) is 0.125. The van der Waals surface area contributed by atoms with Crippen molar-refractivity contribution >= 4 is 66.7 Å². The monoisotopic (exact) mass is 359 g/mol. The smallest absolute Gasteiger partial charge is 0.257 e. The summed E-state index contributed by atoms with van der Waals surface area (Å²) in [4.78, 5) is 10.1. The Morgan fingerprint density at radius 1 is 1.21 bits per heavy atom. The van der Waals surface area contributed by atoms with Crippen LogP contribution in [0.4, 0.5) is 5.69 Å². The van der Waals surface area contributed by atoms with E-state index in [-0.39, 0.29) is 0 Å². The topological polar surface area (TPSA) is 29.1 Å². The first-order valence-corrected chi connectivity index (χ1v) is 6.00. The average Bonchev–Trinajstić information content (AvgIpc) is 2.01. The minimum atomic E-state index is -1.06. The van der Waals surface area contributed by atoms with E-state index in [4.69, 9.17) is 23.2 Å². The fourth-order valence-electron chi connectivity index (χ4n) is 0.823. The quantitative estimate of drug-likeness (QED) is 0.794. The van der Waals surface area contributed by atoms with Gasteiger partial charge >= 0.3 is 0 Å². The molecule has 6 heteroatoms. The van der Waals surface area contributed by atoms with Crippen LogP contribution in [0.25, 0.3) is 0 Å². The molecule has 1 rings (SSSR count). The van der Waals surface area contributed by atoms with Gasteiger partial charge in [-0.3, -0.25) is 4.79 Å². The van der Waals surface area contributed by atoms with Gasteiger partial charge in [0.15, 0.2) is 4.84 Å². The summed E-state index contributed by atoms with van der Waals surface area (Å²) in [5, 5.41) is 2.56. The van der Waals surface area contributed by atoms with E-state index in [1.165, 1.54) is 0 Å². The van der Waals surface area contributed by atoms with Gasteiger partial charge in [0.2, 0.25) is 0 Å².